The second-order valence-corrected chi connectivity index (χ2v) is 5.70. The summed E-state index contributed by atoms with van der Waals surface area (Å²) in [6.45, 7) is 8.12. The number of nitrogens with zero attached hydrogens (tertiary/aromatic N) is 2. The molecule has 0 N–H and O–H groups in total. The molecule has 1 saturated carbocycles. The molecule has 2 heterocycles. The summed E-state index contributed by atoms with van der Waals surface area (Å²) in [5.41, 5.74) is 4.01. The van der Waals surface area contributed by atoms with Gasteiger partial charge in [0.25, 0.3) is 0 Å². The van der Waals surface area contributed by atoms with Crippen molar-refractivity contribution in [2.24, 2.45) is 0 Å². The summed E-state index contributed by atoms with van der Waals surface area (Å²) in [4.78, 5) is 7.17. The summed E-state index contributed by atoms with van der Waals surface area (Å²) in [5, 5.41) is 0. The molecular formula is C15H22N2O. The number of pyridine rings is 1. The van der Waals surface area contributed by atoms with Gasteiger partial charge in [-0.15, -0.1) is 0 Å². The Morgan fingerprint density at radius 3 is 2.61 bits per heavy atom. The van der Waals surface area contributed by atoms with E-state index in [9.17, 15) is 0 Å². The van der Waals surface area contributed by atoms with Gasteiger partial charge in [-0.1, -0.05) is 13.8 Å². The molecule has 0 radical (unpaired) electrons. The lowest BCUT2D eigenvalue weighted by Gasteiger charge is -2.31. The van der Waals surface area contributed by atoms with Crippen molar-refractivity contribution in [3.63, 3.8) is 0 Å². The van der Waals surface area contributed by atoms with Gasteiger partial charge < -0.3 is 9.64 Å². The predicted molar refractivity (Wildman–Crippen MR) is 73.3 cm³/mol. The second-order valence-electron chi connectivity index (χ2n) is 5.70. The highest BCUT2D eigenvalue weighted by molar-refractivity contribution is 5.54. The third kappa shape index (κ3) is 2.37. The first-order chi connectivity index (χ1) is 8.75. The van der Waals surface area contributed by atoms with Crippen LogP contribution < -0.4 is 4.90 Å². The maximum atomic E-state index is 5.45. The van der Waals surface area contributed by atoms with Gasteiger partial charge in [-0.05, 0) is 36.3 Å². The highest BCUT2D eigenvalue weighted by Gasteiger charge is 2.26. The van der Waals surface area contributed by atoms with Gasteiger partial charge in [-0.25, -0.2) is 0 Å². The van der Waals surface area contributed by atoms with E-state index in [1.165, 1.54) is 29.8 Å². The van der Waals surface area contributed by atoms with Crippen molar-refractivity contribution < 1.29 is 4.74 Å². The number of anilines is 1. The van der Waals surface area contributed by atoms with E-state index in [0.29, 0.717) is 5.92 Å². The van der Waals surface area contributed by atoms with Crippen LogP contribution in [-0.4, -0.2) is 31.3 Å². The van der Waals surface area contributed by atoms with Crippen LogP contribution in [0.15, 0.2) is 12.3 Å². The summed E-state index contributed by atoms with van der Waals surface area (Å²) in [5.74, 6) is 1.26. The van der Waals surface area contributed by atoms with Crippen molar-refractivity contribution >= 4 is 5.69 Å². The standard InChI is InChI=1S/C15H22N2O/c1-11(2)15-14(17-5-7-18-8-6-17)9-13(10-16-15)12-3-4-12/h9-12H,3-8H2,1-2H3. The molecule has 3 nitrogen and oxygen atoms in total. The first-order valence-corrected chi connectivity index (χ1v) is 7.08. The number of ether oxygens (including phenoxy) is 1. The largest absolute Gasteiger partial charge is 0.378 e. The Morgan fingerprint density at radius 1 is 1.28 bits per heavy atom. The zero-order valence-electron chi connectivity index (χ0n) is 11.4. The van der Waals surface area contributed by atoms with Gasteiger partial charge >= 0.3 is 0 Å². The Hall–Kier alpha value is -1.09. The molecule has 0 unspecified atom stereocenters. The molecule has 1 aromatic heterocycles. The minimum Gasteiger partial charge on any atom is -0.378 e. The third-order valence-corrected chi connectivity index (χ3v) is 3.87. The van der Waals surface area contributed by atoms with Crippen LogP contribution in [0.3, 0.4) is 0 Å². The van der Waals surface area contributed by atoms with E-state index in [1.54, 1.807) is 0 Å². The topological polar surface area (TPSA) is 25.4 Å². The molecule has 0 bridgehead atoms. The Kier molecular flexibility index (Phi) is 3.25. The van der Waals surface area contributed by atoms with Crippen LogP contribution in [0.5, 0.6) is 0 Å². The van der Waals surface area contributed by atoms with Crippen LogP contribution >= 0.6 is 0 Å². The lowest BCUT2D eigenvalue weighted by Crippen LogP contribution is -2.37. The number of hydrogen-bond donors (Lipinski definition) is 0. The van der Waals surface area contributed by atoms with E-state index >= 15 is 0 Å². The van der Waals surface area contributed by atoms with Crippen LogP contribution in [0.25, 0.3) is 0 Å². The maximum absolute atomic E-state index is 5.45. The molecule has 3 heteroatoms. The zero-order valence-corrected chi connectivity index (χ0v) is 11.4. The molecular weight excluding hydrogens is 224 g/mol. The highest BCUT2D eigenvalue weighted by Crippen LogP contribution is 2.41. The lowest BCUT2D eigenvalue weighted by molar-refractivity contribution is 0.122. The van der Waals surface area contributed by atoms with Crippen LogP contribution in [0, 0.1) is 0 Å². The van der Waals surface area contributed by atoms with Crippen molar-refractivity contribution in [2.75, 3.05) is 31.2 Å². The van der Waals surface area contributed by atoms with Crippen molar-refractivity contribution in [1.82, 2.24) is 4.98 Å². The first kappa shape index (κ1) is 12.0. The maximum Gasteiger partial charge on any atom is 0.0662 e. The molecule has 1 aliphatic heterocycles. The van der Waals surface area contributed by atoms with Crippen LogP contribution in [0.4, 0.5) is 5.69 Å². The molecule has 3 rings (SSSR count). The lowest BCUT2D eigenvalue weighted by atomic mass is 10.0. The van der Waals surface area contributed by atoms with Gasteiger partial charge in [0.1, 0.15) is 0 Å². The number of aromatic nitrogens is 1. The number of morpholine rings is 1. The molecule has 0 amide bonds. The smallest absolute Gasteiger partial charge is 0.0662 e. The quantitative estimate of drug-likeness (QED) is 0.820. The molecule has 1 aromatic rings. The van der Waals surface area contributed by atoms with E-state index in [2.05, 4.69) is 31.0 Å². The fraction of sp³-hybridized carbons (Fsp3) is 0.667. The molecule has 1 saturated heterocycles. The van der Waals surface area contributed by atoms with Gasteiger partial charge in [0, 0.05) is 19.3 Å². The molecule has 0 spiro atoms. The zero-order chi connectivity index (χ0) is 12.5. The molecule has 2 fully saturated rings. The highest BCUT2D eigenvalue weighted by atomic mass is 16.5. The van der Waals surface area contributed by atoms with Crippen molar-refractivity contribution in [3.8, 4) is 0 Å². The Balaban J connectivity index is 1.93. The Morgan fingerprint density at radius 2 is 2.00 bits per heavy atom. The van der Waals surface area contributed by atoms with Gasteiger partial charge in [0.2, 0.25) is 0 Å². The number of rotatable bonds is 3. The van der Waals surface area contributed by atoms with E-state index in [0.717, 1.165) is 32.2 Å². The first-order valence-electron chi connectivity index (χ1n) is 7.08. The average Bonchev–Trinajstić information content (AvgIpc) is 3.23. The van der Waals surface area contributed by atoms with E-state index < -0.39 is 0 Å². The fourth-order valence-corrected chi connectivity index (χ4v) is 2.62. The second kappa shape index (κ2) is 4.88. The normalized spacial score (nSPS) is 20.5. The summed E-state index contributed by atoms with van der Waals surface area (Å²) in [6.07, 6.45) is 4.77. The van der Waals surface area contributed by atoms with E-state index in [4.69, 9.17) is 9.72 Å². The summed E-state index contributed by atoms with van der Waals surface area (Å²) >= 11 is 0. The van der Waals surface area contributed by atoms with E-state index in [1.807, 2.05) is 0 Å². The van der Waals surface area contributed by atoms with E-state index in [-0.39, 0.29) is 0 Å². The van der Waals surface area contributed by atoms with Crippen LogP contribution in [0.1, 0.15) is 49.8 Å². The molecule has 98 valence electrons. The molecule has 1 aliphatic carbocycles. The Labute approximate surface area is 109 Å². The SMILES string of the molecule is CC(C)c1ncc(C2CC2)cc1N1CCOCC1. The fourth-order valence-electron chi connectivity index (χ4n) is 2.62. The minimum atomic E-state index is 0.482. The van der Waals surface area contributed by atoms with Crippen molar-refractivity contribution in [1.29, 1.82) is 0 Å². The molecule has 0 atom stereocenters. The van der Waals surface area contributed by atoms with Crippen molar-refractivity contribution in [3.05, 3.63) is 23.5 Å². The third-order valence-electron chi connectivity index (χ3n) is 3.87. The predicted octanol–water partition coefficient (Wildman–Crippen LogP) is 2.92. The molecule has 0 aromatic carbocycles. The van der Waals surface area contributed by atoms with Gasteiger partial charge in [0.05, 0.1) is 24.6 Å². The monoisotopic (exact) mass is 246 g/mol. The molecule has 2 aliphatic rings. The summed E-state index contributed by atoms with van der Waals surface area (Å²) in [7, 11) is 0. The van der Waals surface area contributed by atoms with Gasteiger partial charge in [0.15, 0.2) is 0 Å². The average molecular weight is 246 g/mol. The van der Waals surface area contributed by atoms with Gasteiger partial charge in [-0.3, -0.25) is 4.98 Å². The number of hydrogen-bond acceptors (Lipinski definition) is 3. The summed E-state index contributed by atoms with van der Waals surface area (Å²) in [6, 6.07) is 2.38. The molecule has 18 heavy (non-hydrogen) atoms. The summed E-state index contributed by atoms with van der Waals surface area (Å²) < 4.78 is 5.45. The van der Waals surface area contributed by atoms with Crippen LogP contribution in [0.2, 0.25) is 0 Å². The van der Waals surface area contributed by atoms with Crippen LogP contribution in [-0.2, 0) is 4.74 Å². The van der Waals surface area contributed by atoms with Crippen molar-refractivity contribution in [2.45, 2.75) is 38.5 Å². The minimum absolute atomic E-state index is 0.482. The van der Waals surface area contributed by atoms with Gasteiger partial charge in [-0.2, -0.15) is 0 Å². The Bertz CT molecular complexity index is 421.